The molecule has 1 fully saturated rings. The quantitative estimate of drug-likeness (QED) is 0.783. The molecule has 2 aromatic carbocycles. The molecule has 0 saturated heterocycles. The van der Waals surface area contributed by atoms with E-state index in [1.54, 1.807) is 24.3 Å². The van der Waals surface area contributed by atoms with E-state index in [9.17, 15) is 13.2 Å². The number of nitrogens with one attached hydrogen (secondary N) is 2. The Morgan fingerprint density at radius 2 is 1.77 bits per heavy atom. The maximum atomic E-state index is 12.2. The fourth-order valence-electron chi connectivity index (χ4n) is 2.68. The van der Waals surface area contributed by atoms with Crippen molar-refractivity contribution in [3.8, 4) is 0 Å². The minimum Gasteiger partial charge on any atom is -0.326 e. The summed E-state index contributed by atoms with van der Waals surface area (Å²) in [6.07, 6.45) is 2.73. The van der Waals surface area contributed by atoms with Gasteiger partial charge in [0.25, 0.3) is 0 Å². The molecular weight excluding hydrogens is 348 g/mol. The van der Waals surface area contributed by atoms with Gasteiger partial charge in [0.05, 0.1) is 4.90 Å². The number of sulfonamides is 1. The largest absolute Gasteiger partial charge is 0.326 e. The number of rotatable bonds is 7. The smallest absolute Gasteiger partial charge is 0.240 e. The lowest BCUT2D eigenvalue weighted by molar-refractivity contribution is -0.116. The summed E-state index contributed by atoms with van der Waals surface area (Å²) in [6.45, 7) is 4.00. The van der Waals surface area contributed by atoms with Crippen molar-refractivity contribution in [3.05, 3.63) is 59.2 Å². The van der Waals surface area contributed by atoms with Gasteiger partial charge in [0, 0.05) is 18.2 Å². The van der Waals surface area contributed by atoms with Crippen molar-refractivity contribution in [2.75, 3.05) is 5.32 Å². The van der Waals surface area contributed by atoms with Crippen LogP contribution in [0.2, 0.25) is 0 Å². The summed E-state index contributed by atoms with van der Waals surface area (Å²) >= 11 is 0. The Hall–Kier alpha value is -2.18. The van der Waals surface area contributed by atoms with Crippen molar-refractivity contribution in [1.29, 1.82) is 0 Å². The maximum absolute atomic E-state index is 12.2. The van der Waals surface area contributed by atoms with E-state index in [0.29, 0.717) is 12.8 Å². The van der Waals surface area contributed by atoms with E-state index in [-0.39, 0.29) is 16.8 Å². The van der Waals surface area contributed by atoms with Crippen LogP contribution >= 0.6 is 0 Å². The maximum Gasteiger partial charge on any atom is 0.240 e. The number of aryl methyl sites for hydroxylation is 2. The van der Waals surface area contributed by atoms with Crippen LogP contribution in [0.25, 0.3) is 0 Å². The van der Waals surface area contributed by atoms with E-state index in [4.69, 9.17) is 0 Å². The molecule has 3 rings (SSSR count). The molecule has 2 aromatic rings. The summed E-state index contributed by atoms with van der Waals surface area (Å²) in [4.78, 5) is 12.5. The Kier molecular flexibility index (Phi) is 5.44. The second kappa shape index (κ2) is 7.60. The van der Waals surface area contributed by atoms with Gasteiger partial charge in [-0.05, 0) is 68.0 Å². The molecular formula is C20H24N2O3S. The minimum atomic E-state index is -3.42. The zero-order valence-corrected chi connectivity index (χ0v) is 15.9. The average Bonchev–Trinajstić information content (AvgIpc) is 3.41. The molecule has 0 spiro atoms. The lowest BCUT2D eigenvalue weighted by Crippen LogP contribution is -2.25. The number of amides is 1. The predicted molar refractivity (Wildman–Crippen MR) is 103 cm³/mol. The lowest BCUT2D eigenvalue weighted by atomic mass is 10.1. The van der Waals surface area contributed by atoms with Crippen molar-refractivity contribution in [2.45, 2.75) is 50.5 Å². The summed E-state index contributed by atoms with van der Waals surface area (Å²) in [7, 11) is -3.42. The van der Waals surface area contributed by atoms with Crippen LogP contribution < -0.4 is 10.0 Å². The minimum absolute atomic E-state index is 0.0502. The fraction of sp³-hybridized carbons (Fsp3) is 0.350. The monoisotopic (exact) mass is 372 g/mol. The van der Waals surface area contributed by atoms with Crippen LogP contribution in [0, 0.1) is 13.8 Å². The van der Waals surface area contributed by atoms with Gasteiger partial charge in [-0.1, -0.05) is 24.3 Å². The molecule has 5 nitrogen and oxygen atoms in total. The van der Waals surface area contributed by atoms with E-state index in [1.165, 1.54) is 0 Å². The van der Waals surface area contributed by atoms with Gasteiger partial charge in [-0.25, -0.2) is 13.1 Å². The van der Waals surface area contributed by atoms with Crippen molar-refractivity contribution in [1.82, 2.24) is 4.72 Å². The van der Waals surface area contributed by atoms with Crippen LogP contribution in [0.3, 0.4) is 0 Å². The van der Waals surface area contributed by atoms with Crippen LogP contribution in [0.15, 0.2) is 47.4 Å². The standard InChI is InChI=1S/C20H24N2O3S/c1-14-4-3-5-19(15(14)2)21-20(23)13-8-16-6-11-18(12-7-16)26(24,25)22-17-9-10-17/h3-7,11-12,17,22H,8-10,13H2,1-2H3,(H,21,23). The van der Waals surface area contributed by atoms with Gasteiger partial charge >= 0.3 is 0 Å². The van der Waals surface area contributed by atoms with Crippen molar-refractivity contribution in [2.24, 2.45) is 0 Å². The molecule has 1 amide bonds. The highest BCUT2D eigenvalue weighted by molar-refractivity contribution is 7.89. The van der Waals surface area contributed by atoms with Gasteiger partial charge in [-0.3, -0.25) is 4.79 Å². The van der Waals surface area contributed by atoms with Crippen LogP contribution in [-0.2, 0) is 21.2 Å². The lowest BCUT2D eigenvalue weighted by Gasteiger charge is -2.10. The zero-order chi connectivity index (χ0) is 18.7. The van der Waals surface area contributed by atoms with E-state index >= 15 is 0 Å². The van der Waals surface area contributed by atoms with Gasteiger partial charge in [0.1, 0.15) is 0 Å². The normalized spacial score (nSPS) is 14.2. The second-order valence-corrected chi connectivity index (χ2v) is 8.55. The van der Waals surface area contributed by atoms with Crippen molar-refractivity contribution in [3.63, 3.8) is 0 Å². The molecule has 138 valence electrons. The summed E-state index contributed by atoms with van der Waals surface area (Å²) < 4.78 is 27.0. The third kappa shape index (κ3) is 4.71. The van der Waals surface area contributed by atoms with Gasteiger partial charge in [-0.2, -0.15) is 0 Å². The third-order valence-corrected chi connectivity index (χ3v) is 6.19. The Bertz CT molecular complexity index is 901. The molecule has 0 aliphatic heterocycles. The molecule has 1 saturated carbocycles. The van der Waals surface area contributed by atoms with Crippen LogP contribution in [0.4, 0.5) is 5.69 Å². The molecule has 1 aliphatic rings. The molecule has 1 aliphatic carbocycles. The van der Waals surface area contributed by atoms with Crippen LogP contribution in [-0.4, -0.2) is 20.4 Å². The zero-order valence-electron chi connectivity index (χ0n) is 15.1. The van der Waals surface area contributed by atoms with Gasteiger partial charge in [0.2, 0.25) is 15.9 Å². The van der Waals surface area contributed by atoms with E-state index < -0.39 is 10.0 Å². The molecule has 0 aromatic heterocycles. The van der Waals surface area contributed by atoms with Gasteiger partial charge < -0.3 is 5.32 Å². The number of carbonyl (C=O) groups is 1. The molecule has 2 N–H and O–H groups in total. The summed E-state index contributed by atoms with van der Waals surface area (Å²) in [5.74, 6) is -0.0502. The van der Waals surface area contributed by atoms with Gasteiger partial charge in [-0.15, -0.1) is 0 Å². The predicted octanol–water partition coefficient (Wildman–Crippen LogP) is 3.32. The Morgan fingerprint density at radius 3 is 2.42 bits per heavy atom. The molecule has 6 heteroatoms. The molecule has 0 bridgehead atoms. The SMILES string of the molecule is Cc1cccc(NC(=O)CCc2ccc(S(=O)(=O)NC3CC3)cc2)c1C. The molecule has 0 heterocycles. The third-order valence-electron chi connectivity index (χ3n) is 4.65. The number of hydrogen-bond donors (Lipinski definition) is 2. The van der Waals surface area contributed by atoms with E-state index in [2.05, 4.69) is 10.0 Å². The first-order valence-corrected chi connectivity index (χ1v) is 10.3. The molecule has 0 radical (unpaired) electrons. The van der Waals surface area contributed by atoms with E-state index in [1.807, 2.05) is 32.0 Å². The first-order chi connectivity index (χ1) is 12.3. The highest BCUT2D eigenvalue weighted by Gasteiger charge is 2.27. The van der Waals surface area contributed by atoms with Crippen molar-refractivity contribution < 1.29 is 13.2 Å². The van der Waals surface area contributed by atoms with Crippen molar-refractivity contribution >= 4 is 21.6 Å². The fourth-order valence-corrected chi connectivity index (χ4v) is 3.99. The Morgan fingerprint density at radius 1 is 1.08 bits per heavy atom. The Balaban J connectivity index is 1.56. The topological polar surface area (TPSA) is 75.3 Å². The molecule has 0 atom stereocenters. The molecule has 26 heavy (non-hydrogen) atoms. The first-order valence-electron chi connectivity index (χ1n) is 8.82. The average molecular weight is 372 g/mol. The first kappa shape index (κ1) is 18.6. The summed E-state index contributed by atoms with van der Waals surface area (Å²) in [5, 5.41) is 2.94. The van der Waals surface area contributed by atoms with Crippen LogP contribution in [0.5, 0.6) is 0 Å². The van der Waals surface area contributed by atoms with Crippen LogP contribution in [0.1, 0.15) is 36.0 Å². The summed E-state index contributed by atoms with van der Waals surface area (Å²) in [5.41, 5.74) is 3.98. The second-order valence-electron chi connectivity index (χ2n) is 6.84. The highest BCUT2D eigenvalue weighted by Crippen LogP contribution is 2.22. The number of carbonyl (C=O) groups excluding carboxylic acids is 1. The number of anilines is 1. The number of hydrogen-bond acceptors (Lipinski definition) is 3. The highest BCUT2D eigenvalue weighted by atomic mass is 32.2. The number of benzene rings is 2. The summed E-state index contributed by atoms with van der Waals surface area (Å²) in [6, 6.07) is 12.7. The molecule has 0 unspecified atom stereocenters. The van der Waals surface area contributed by atoms with Gasteiger partial charge in [0.15, 0.2) is 0 Å². The Labute approximate surface area is 154 Å². The van der Waals surface area contributed by atoms with E-state index in [0.717, 1.165) is 35.2 Å².